The molecule has 1 aromatic carbocycles. The summed E-state index contributed by atoms with van der Waals surface area (Å²) in [5.41, 5.74) is 2.12. The summed E-state index contributed by atoms with van der Waals surface area (Å²) in [6, 6.07) is 6.05. The molecule has 0 spiro atoms. The Morgan fingerprint density at radius 2 is 2.21 bits per heavy atom. The number of aromatic amines is 1. The molecule has 0 bridgehead atoms. The summed E-state index contributed by atoms with van der Waals surface area (Å²) in [5, 5.41) is 6.65. The zero-order valence-corrected chi connectivity index (χ0v) is 13.6. The van der Waals surface area contributed by atoms with Crippen LogP contribution in [0.3, 0.4) is 0 Å². The maximum absolute atomic E-state index is 13.2. The van der Waals surface area contributed by atoms with E-state index in [1.54, 1.807) is 12.1 Å². The molecule has 0 atom stereocenters. The summed E-state index contributed by atoms with van der Waals surface area (Å²) >= 11 is 0. The van der Waals surface area contributed by atoms with Crippen LogP contribution in [0.4, 0.5) is 4.39 Å². The third-order valence-corrected chi connectivity index (χ3v) is 3.54. The molecule has 2 N–H and O–H groups in total. The first-order chi connectivity index (χ1) is 11.5. The van der Waals surface area contributed by atoms with Gasteiger partial charge in [0.1, 0.15) is 11.6 Å². The topological polar surface area (TPSA) is 83.8 Å². The molecule has 0 saturated carbocycles. The Balaban J connectivity index is 1.55. The average Bonchev–Trinajstić information content (AvgIpc) is 3.12. The Labute approximate surface area is 138 Å². The predicted molar refractivity (Wildman–Crippen MR) is 87.1 cm³/mol. The van der Waals surface area contributed by atoms with Gasteiger partial charge in [-0.2, -0.15) is 0 Å². The van der Waals surface area contributed by atoms with Gasteiger partial charge in [-0.15, -0.1) is 0 Å². The fourth-order valence-electron chi connectivity index (χ4n) is 2.47. The first-order valence-corrected chi connectivity index (χ1v) is 7.89. The van der Waals surface area contributed by atoms with Gasteiger partial charge in [-0.25, -0.2) is 9.37 Å². The van der Waals surface area contributed by atoms with Crippen LogP contribution in [0.25, 0.3) is 11.0 Å². The number of rotatable bonds is 6. The van der Waals surface area contributed by atoms with Crippen molar-refractivity contribution in [2.75, 3.05) is 6.54 Å². The Kier molecular flexibility index (Phi) is 4.59. The molecule has 1 amide bonds. The van der Waals surface area contributed by atoms with E-state index in [-0.39, 0.29) is 17.5 Å². The number of benzene rings is 1. The van der Waals surface area contributed by atoms with Crippen LogP contribution >= 0.6 is 0 Å². The summed E-state index contributed by atoms with van der Waals surface area (Å²) < 4.78 is 18.2. The number of aromatic nitrogens is 3. The number of carbonyl (C=O) groups is 1. The van der Waals surface area contributed by atoms with E-state index in [9.17, 15) is 9.18 Å². The van der Waals surface area contributed by atoms with Crippen molar-refractivity contribution in [1.29, 1.82) is 0 Å². The van der Waals surface area contributed by atoms with E-state index in [1.165, 1.54) is 12.1 Å². The lowest BCUT2D eigenvalue weighted by atomic mass is 10.1. The predicted octanol–water partition coefficient (Wildman–Crippen LogP) is 2.86. The van der Waals surface area contributed by atoms with Gasteiger partial charge in [-0.05, 0) is 30.5 Å². The Hall–Kier alpha value is -2.70. The fourth-order valence-corrected chi connectivity index (χ4v) is 2.47. The van der Waals surface area contributed by atoms with Crippen molar-refractivity contribution in [3.05, 3.63) is 47.4 Å². The van der Waals surface area contributed by atoms with Gasteiger partial charge >= 0.3 is 0 Å². The van der Waals surface area contributed by atoms with Crippen molar-refractivity contribution in [2.24, 2.45) is 5.92 Å². The van der Waals surface area contributed by atoms with Gasteiger partial charge in [0.2, 0.25) is 5.76 Å². The lowest BCUT2D eigenvalue weighted by Gasteiger charge is -2.00. The van der Waals surface area contributed by atoms with Crippen LogP contribution in [-0.2, 0) is 12.8 Å². The molecule has 2 aromatic heterocycles. The second-order valence-corrected chi connectivity index (χ2v) is 6.13. The number of carbonyl (C=O) groups excluding carboxylic acids is 1. The molecule has 0 aliphatic heterocycles. The first-order valence-electron chi connectivity index (χ1n) is 7.89. The van der Waals surface area contributed by atoms with Crippen LogP contribution in [0.1, 0.15) is 35.9 Å². The number of H-pyrrole nitrogens is 1. The standard InChI is InChI=1S/C17H19FN4O2/c1-10(2)7-12-9-15(24-22-12)17(23)19-6-5-16-20-13-4-3-11(18)8-14(13)21-16/h3-4,8-10H,5-7H2,1-2H3,(H,19,23)(H,20,21). The molecule has 0 aliphatic rings. The maximum atomic E-state index is 13.2. The molecule has 0 fully saturated rings. The molecule has 3 rings (SSSR count). The van der Waals surface area contributed by atoms with Crippen LogP contribution < -0.4 is 5.32 Å². The molecule has 0 radical (unpaired) electrons. The van der Waals surface area contributed by atoms with Crippen molar-refractivity contribution in [2.45, 2.75) is 26.7 Å². The van der Waals surface area contributed by atoms with Gasteiger partial charge in [-0.3, -0.25) is 4.79 Å². The number of hydrogen-bond acceptors (Lipinski definition) is 4. The third kappa shape index (κ3) is 3.79. The van der Waals surface area contributed by atoms with E-state index in [2.05, 4.69) is 34.3 Å². The lowest BCUT2D eigenvalue weighted by Crippen LogP contribution is -2.25. The second-order valence-electron chi connectivity index (χ2n) is 6.13. The van der Waals surface area contributed by atoms with Gasteiger partial charge in [0.25, 0.3) is 5.91 Å². The van der Waals surface area contributed by atoms with Gasteiger partial charge in [0, 0.05) is 19.0 Å². The minimum Gasteiger partial charge on any atom is -0.351 e. The van der Waals surface area contributed by atoms with Crippen molar-refractivity contribution in [1.82, 2.24) is 20.4 Å². The van der Waals surface area contributed by atoms with Crippen molar-refractivity contribution in [3.63, 3.8) is 0 Å². The lowest BCUT2D eigenvalue weighted by molar-refractivity contribution is 0.0917. The molecule has 24 heavy (non-hydrogen) atoms. The summed E-state index contributed by atoms with van der Waals surface area (Å²) in [7, 11) is 0. The SMILES string of the molecule is CC(C)Cc1cc(C(=O)NCCc2nc3ccc(F)cc3[nH]2)on1. The first kappa shape index (κ1) is 16.2. The smallest absolute Gasteiger partial charge is 0.289 e. The Bertz CT molecular complexity index is 853. The number of hydrogen-bond donors (Lipinski definition) is 2. The number of halogens is 1. The summed E-state index contributed by atoms with van der Waals surface area (Å²) in [4.78, 5) is 19.4. The highest BCUT2D eigenvalue weighted by Crippen LogP contribution is 2.13. The van der Waals surface area contributed by atoms with Crippen molar-refractivity contribution < 1.29 is 13.7 Å². The fraction of sp³-hybridized carbons (Fsp3) is 0.353. The summed E-state index contributed by atoms with van der Waals surface area (Å²) in [5.74, 6) is 0.725. The van der Waals surface area contributed by atoms with Crippen LogP contribution in [0.2, 0.25) is 0 Å². The third-order valence-electron chi connectivity index (χ3n) is 3.54. The molecule has 0 aliphatic carbocycles. The minimum absolute atomic E-state index is 0.206. The van der Waals surface area contributed by atoms with Crippen molar-refractivity contribution >= 4 is 16.9 Å². The van der Waals surface area contributed by atoms with Gasteiger partial charge in [0.15, 0.2) is 0 Å². The molecule has 7 heteroatoms. The highest BCUT2D eigenvalue weighted by Gasteiger charge is 2.13. The normalized spacial score (nSPS) is 11.3. The molecule has 0 unspecified atom stereocenters. The molecular weight excluding hydrogens is 311 g/mol. The highest BCUT2D eigenvalue weighted by atomic mass is 19.1. The molecule has 6 nitrogen and oxygen atoms in total. The molecular formula is C17H19FN4O2. The van der Waals surface area contributed by atoms with Crippen LogP contribution in [0.5, 0.6) is 0 Å². The van der Waals surface area contributed by atoms with Gasteiger partial charge in [-0.1, -0.05) is 19.0 Å². The Morgan fingerprint density at radius 3 is 3.00 bits per heavy atom. The van der Waals surface area contributed by atoms with E-state index in [4.69, 9.17) is 4.52 Å². The van der Waals surface area contributed by atoms with Gasteiger partial charge < -0.3 is 14.8 Å². The van der Waals surface area contributed by atoms with Crippen molar-refractivity contribution in [3.8, 4) is 0 Å². The van der Waals surface area contributed by atoms with Gasteiger partial charge in [0.05, 0.1) is 16.7 Å². The van der Waals surface area contributed by atoms with E-state index in [0.717, 1.165) is 12.1 Å². The van der Waals surface area contributed by atoms with Crippen LogP contribution in [0.15, 0.2) is 28.8 Å². The van der Waals surface area contributed by atoms with E-state index < -0.39 is 0 Å². The van der Waals surface area contributed by atoms with E-state index >= 15 is 0 Å². The van der Waals surface area contributed by atoms with Crippen LogP contribution in [0, 0.1) is 11.7 Å². The Morgan fingerprint density at radius 1 is 1.38 bits per heavy atom. The number of amides is 1. The highest BCUT2D eigenvalue weighted by molar-refractivity contribution is 5.91. The maximum Gasteiger partial charge on any atom is 0.289 e. The quantitative estimate of drug-likeness (QED) is 0.728. The molecule has 2 heterocycles. The molecule has 0 saturated heterocycles. The number of fused-ring (bicyclic) bond motifs is 1. The average molecular weight is 330 g/mol. The van der Waals surface area contributed by atoms with Crippen LogP contribution in [-0.4, -0.2) is 27.6 Å². The second kappa shape index (κ2) is 6.82. The molecule has 126 valence electrons. The minimum atomic E-state index is -0.312. The summed E-state index contributed by atoms with van der Waals surface area (Å²) in [6.45, 7) is 4.54. The number of nitrogens with one attached hydrogen (secondary N) is 2. The molecule has 3 aromatic rings. The summed E-state index contributed by atoms with van der Waals surface area (Å²) in [6.07, 6.45) is 1.28. The monoisotopic (exact) mass is 330 g/mol. The number of nitrogens with zero attached hydrogens (tertiary/aromatic N) is 2. The zero-order valence-electron chi connectivity index (χ0n) is 13.6. The van der Waals surface area contributed by atoms with E-state index in [0.29, 0.717) is 35.7 Å². The largest absolute Gasteiger partial charge is 0.351 e. The van der Waals surface area contributed by atoms with E-state index in [1.807, 2.05) is 0 Å². The zero-order chi connectivity index (χ0) is 17.1. The number of imidazole rings is 1.